The van der Waals surface area contributed by atoms with Crippen molar-refractivity contribution in [3.63, 3.8) is 0 Å². The van der Waals surface area contributed by atoms with Gasteiger partial charge >= 0.3 is 11.2 Å². The maximum Gasteiger partial charge on any atom is 0.334 e. The first-order valence-electron chi connectivity index (χ1n) is 9.76. The molecule has 1 N–H and O–H groups in total. The summed E-state index contributed by atoms with van der Waals surface area (Å²) in [6.07, 6.45) is 4.91. The van der Waals surface area contributed by atoms with Gasteiger partial charge in [-0.15, -0.1) is 0 Å². The second-order valence-electron chi connectivity index (χ2n) is 8.06. The number of H-pyrrole nitrogens is 1. The minimum Gasteiger partial charge on any atom is -0.336 e. The monoisotopic (exact) mass is 383 g/mol. The lowest BCUT2D eigenvalue weighted by atomic mass is 9.83. The number of carbonyl (C=O) groups is 1. The molecule has 146 valence electrons. The van der Waals surface area contributed by atoms with Crippen molar-refractivity contribution in [3.8, 4) is 0 Å². The number of aromatic nitrogens is 3. The van der Waals surface area contributed by atoms with Crippen LogP contribution in [0.25, 0.3) is 0 Å². The number of rotatable bonds is 2. The number of nitrogens with one attached hydrogen (secondary N) is 1. The van der Waals surface area contributed by atoms with Gasteiger partial charge in [0, 0.05) is 48.6 Å². The largest absolute Gasteiger partial charge is 0.336 e. The molecule has 1 unspecified atom stereocenters. The van der Waals surface area contributed by atoms with Gasteiger partial charge < -0.3 is 9.47 Å². The Bertz CT molecular complexity index is 1040. The predicted molar refractivity (Wildman–Crippen MR) is 99.3 cm³/mol. The van der Waals surface area contributed by atoms with Gasteiger partial charge in [-0.25, -0.2) is 0 Å². The molecule has 9 heteroatoms. The normalized spacial score (nSPS) is 23.1. The lowest BCUT2D eigenvalue weighted by Crippen LogP contribution is -2.49. The molecule has 3 aliphatic rings. The van der Waals surface area contributed by atoms with E-state index in [-0.39, 0.29) is 23.4 Å². The number of nitrogens with zero attached hydrogens (tertiary/aromatic N) is 4. The van der Waals surface area contributed by atoms with Crippen LogP contribution in [0, 0.1) is 16.0 Å². The van der Waals surface area contributed by atoms with Crippen molar-refractivity contribution in [2.75, 3.05) is 13.1 Å². The number of aromatic amines is 1. The Labute approximate surface area is 160 Å². The van der Waals surface area contributed by atoms with Gasteiger partial charge in [-0.3, -0.25) is 24.8 Å². The Kier molecular flexibility index (Phi) is 3.85. The topological polar surface area (TPSA) is 114 Å². The molecule has 2 aliphatic heterocycles. The van der Waals surface area contributed by atoms with Gasteiger partial charge in [0.1, 0.15) is 0 Å². The summed E-state index contributed by atoms with van der Waals surface area (Å²) in [7, 11) is 0. The molecule has 0 spiro atoms. The van der Waals surface area contributed by atoms with E-state index >= 15 is 0 Å². The van der Waals surface area contributed by atoms with Crippen molar-refractivity contribution in [2.45, 2.75) is 44.6 Å². The molecule has 1 amide bonds. The van der Waals surface area contributed by atoms with E-state index in [1.807, 2.05) is 4.90 Å². The maximum absolute atomic E-state index is 13.2. The van der Waals surface area contributed by atoms with Crippen LogP contribution in [0.5, 0.6) is 0 Å². The van der Waals surface area contributed by atoms with Crippen LogP contribution in [0.1, 0.15) is 52.6 Å². The van der Waals surface area contributed by atoms with Crippen molar-refractivity contribution in [2.24, 2.45) is 5.92 Å². The molecule has 4 heterocycles. The van der Waals surface area contributed by atoms with Crippen LogP contribution in [0.2, 0.25) is 0 Å². The summed E-state index contributed by atoms with van der Waals surface area (Å²) < 4.78 is 1.54. The molecule has 0 aromatic carbocycles. The zero-order valence-electron chi connectivity index (χ0n) is 15.4. The summed E-state index contributed by atoms with van der Waals surface area (Å²) in [5.41, 5.74) is 2.53. The van der Waals surface area contributed by atoms with Gasteiger partial charge in [-0.05, 0) is 44.1 Å². The molecule has 0 saturated carbocycles. The van der Waals surface area contributed by atoms with Crippen LogP contribution >= 0.6 is 0 Å². The molecule has 1 aliphatic carbocycles. The number of fused-ring (bicyclic) bond motifs is 5. The number of aryl methyl sites for hydroxylation is 1. The fraction of sp³-hybridized carbons (Fsp3) is 0.526. The second kappa shape index (κ2) is 6.29. The number of nitro groups is 1. The Hall–Kier alpha value is -2.97. The summed E-state index contributed by atoms with van der Waals surface area (Å²) in [5.74, 6) is 0.0798. The summed E-state index contributed by atoms with van der Waals surface area (Å²) in [6.45, 7) is 1.47. The number of piperidine rings is 1. The van der Waals surface area contributed by atoms with E-state index in [2.05, 4.69) is 10.2 Å². The van der Waals surface area contributed by atoms with E-state index in [0.29, 0.717) is 25.3 Å². The number of hydrogen-bond donors (Lipinski definition) is 1. The van der Waals surface area contributed by atoms with Gasteiger partial charge in [0.25, 0.3) is 5.91 Å². The minimum absolute atomic E-state index is 0.0136. The molecular formula is C19H21N5O4. The average Bonchev–Trinajstić information content (AvgIpc) is 3.12. The third-order valence-corrected chi connectivity index (χ3v) is 6.33. The number of likely N-dealkylation sites (tertiary alicyclic amines) is 1. The smallest absolute Gasteiger partial charge is 0.334 e. The van der Waals surface area contributed by atoms with Crippen molar-refractivity contribution >= 4 is 11.6 Å². The molecule has 1 fully saturated rings. The van der Waals surface area contributed by atoms with Crippen LogP contribution in [-0.4, -0.2) is 43.6 Å². The highest BCUT2D eigenvalue weighted by molar-refractivity contribution is 5.94. The number of amides is 1. The van der Waals surface area contributed by atoms with Crippen molar-refractivity contribution in [3.05, 3.63) is 55.2 Å². The molecule has 5 rings (SSSR count). The fourth-order valence-corrected chi connectivity index (χ4v) is 5.05. The van der Waals surface area contributed by atoms with Gasteiger partial charge in [-0.2, -0.15) is 5.10 Å². The Balaban J connectivity index is 1.44. The average molecular weight is 383 g/mol. The summed E-state index contributed by atoms with van der Waals surface area (Å²) in [4.78, 5) is 37.9. The minimum atomic E-state index is -0.628. The second-order valence-corrected chi connectivity index (χ2v) is 8.06. The first-order valence-corrected chi connectivity index (χ1v) is 9.76. The quantitative estimate of drug-likeness (QED) is 0.625. The zero-order chi connectivity index (χ0) is 19.4. The summed E-state index contributed by atoms with van der Waals surface area (Å²) in [6, 6.07) is 2.96. The van der Waals surface area contributed by atoms with Crippen molar-refractivity contribution < 1.29 is 9.72 Å². The SMILES string of the molecule is O=C(c1n[nH]c2c1CCCC2)N1CC2C[C@@H](C1)Cn1c2ccc([N+](=O)[O-])c1=O. The van der Waals surface area contributed by atoms with Gasteiger partial charge in [0.2, 0.25) is 0 Å². The van der Waals surface area contributed by atoms with Crippen LogP contribution in [0.4, 0.5) is 5.69 Å². The van der Waals surface area contributed by atoms with Gasteiger partial charge in [0.05, 0.1) is 4.92 Å². The van der Waals surface area contributed by atoms with Crippen LogP contribution in [-0.2, 0) is 19.4 Å². The highest BCUT2D eigenvalue weighted by atomic mass is 16.6. The molecule has 28 heavy (non-hydrogen) atoms. The molecule has 9 nitrogen and oxygen atoms in total. The van der Waals surface area contributed by atoms with Crippen LogP contribution in [0.15, 0.2) is 16.9 Å². The highest BCUT2D eigenvalue weighted by Crippen LogP contribution is 2.36. The van der Waals surface area contributed by atoms with E-state index in [1.54, 1.807) is 6.07 Å². The van der Waals surface area contributed by atoms with Crippen molar-refractivity contribution in [1.82, 2.24) is 19.7 Å². The number of hydrogen-bond acceptors (Lipinski definition) is 5. The fourth-order valence-electron chi connectivity index (χ4n) is 5.05. The zero-order valence-corrected chi connectivity index (χ0v) is 15.4. The maximum atomic E-state index is 13.2. The molecular weight excluding hydrogens is 362 g/mol. The number of pyridine rings is 1. The molecule has 2 aromatic heterocycles. The van der Waals surface area contributed by atoms with Crippen molar-refractivity contribution in [1.29, 1.82) is 0 Å². The molecule has 2 aromatic rings. The van der Waals surface area contributed by atoms with Gasteiger partial charge in [-0.1, -0.05) is 0 Å². The molecule has 2 bridgehead atoms. The van der Waals surface area contributed by atoms with Gasteiger partial charge in [0.15, 0.2) is 5.69 Å². The first kappa shape index (κ1) is 17.2. The third kappa shape index (κ3) is 2.56. The lowest BCUT2D eigenvalue weighted by Gasteiger charge is -2.42. The van der Waals surface area contributed by atoms with E-state index in [0.717, 1.165) is 49.1 Å². The highest BCUT2D eigenvalue weighted by Gasteiger charge is 2.39. The summed E-state index contributed by atoms with van der Waals surface area (Å²) in [5, 5.41) is 18.4. The van der Waals surface area contributed by atoms with E-state index in [1.165, 1.54) is 10.6 Å². The Morgan fingerprint density at radius 2 is 2.04 bits per heavy atom. The Morgan fingerprint density at radius 1 is 1.21 bits per heavy atom. The molecule has 2 atom stereocenters. The summed E-state index contributed by atoms with van der Waals surface area (Å²) >= 11 is 0. The van der Waals surface area contributed by atoms with Crippen LogP contribution < -0.4 is 5.56 Å². The molecule has 0 radical (unpaired) electrons. The number of carbonyl (C=O) groups excluding carboxylic acids is 1. The molecule has 1 saturated heterocycles. The van der Waals surface area contributed by atoms with E-state index in [4.69, 9.17) is 0 Å². The van der Waals surface area contributed by atoms with Crippen LogP contribution in [0.3, 0.4) is 0 Å². The Morgan fingerprint density at radius 3 is 2.86 bits per heavy atom. The van der Waals surface area contributed by atoms with E-state index in [9.17, 15) is 19.7 Å². The lowest BCUT2D eigenvalue weighted by molar-refractivity contribution is -0.386. The standard InChI is InChI=1S/C19H21N5O4/c25-18-16(24(27)28)6-5-15-12-7-11(9-23(15)18)8-22(10-12)19(26)17-13-3-1-2-4-14(13)20-21-17/h5-6,11-12H,1-4,7-10H2,(H,20,21)/t11-,12?/m0/s1. The first-order chi connectivity index (χ1) is 13.5. The third-order valence-electron chi connectivity index (χ3n) is 6.33. The van der Waals surface area contributed by atoms with E-state index < -0.39 is 10.5 Å². The predicted octanol–water partition coefficient (Wildman–Crippen LogP) is 1.62.